The van der Waals surface area contributed by atoms with Crippen molar-refractivity contribution in [1.82, 2.24) is 14.9 Å². The van der Waals surface area contributed by atoms with E-state index in [1.807, 2.05) is 6.92 Å². The molecule has 0 aliphatic carbocycles. The van der Waals surface area contributed by atoms with Crippen LogP contribution >= 0.6 is 0 Å². The van der Waals surface area contributed by atoms with Gasteiger partial charge in [0.05, 0.1) is 6.04 Å². The molecule has 2 heterocycles. The van der Waals surface area contributed by atoms with Crippen LogP contribution in [0.5, 0.6) is 0 Å². The summed E-state index contributed by atoms with van der Waals surface area (Å²) in [5, 5.41) is 0. The number of imidazole rings is 1. The summed E-state index contributed by atoms with van der Waals surface area (Å²) in [6, 6.07) is 0.0265. The van der Waals surface area contributed by atoms with Crippen molar-refractivity contribution in [2.24, 2.45) is 0 Å². The molecule has 1 N–H and O–H groups in total. The highest BCUT2D eigenvalue weighted by atomic mass is 16.6. The van der Waals surface area contributed by atoms with E-state index in [4.69, 9.17) is 4.74 Å². The van der Waals surface area contributed by atoms with Crippen molar-refractivity contribution >= 4 is 6.09 Å². The number of aromatic nitrogens is 2. The van der Waals surface area contributed by atoms with Gasteiger partial charge >= 0.3 is 6.09 Å². The zero-order valence-corrected chi connectivity index (χ0v) is 7.52. The number of nitrogens with one attached hydrogen (secondary N) is 1. The van der Waals surface area contributed by atoms with Crippen LogP contribution in [-0.2, 0) is 4.74 Å². The number of ether oxygens (including phenoxy) is 1. The van der Waals surface area contributed by atoms with E-state index < -0.39 is 0 Å². The molecule has 1 aromatic rings. The second-order valence-electron chi connectivity index (χ2n) is 3.13. The molecule has 0 saturated carbocycles. The molecule has 1 aromatic heterocycles. The van der Waals surface area contributed by atoms with E-state index in [1.54, 1.807) is 24.3 Å². The monoisotopic (exact) mass is 181 g/mol. The van der Waals surface area contributed by atoms with Gasteiger partial charge in [-0.1, -0.05) is 0 Å². The number of hydrogen-bond acceptors (Lipinski definition) is 3. The van der Waals surface area contributed by atoms with E-state index >= 15 is 0 Å². The van der Waals surface area contributed by atoms with Crippen LogP contribution in [-0.4, -0.2) is 34.1 Å². The van der Waals surface area contributed by atoms with Gasteiger partial charge in [0, 0.05) is 19.4 Å². The third-order valence-corrected chi connectivity index (χ3v) is 2.35. The van der Waals surface area contributed by atoms with Gasteiger partial charge in [0.15, 0.2) is 6.10 Å². The lowest BCUT2D eigenvalue weighted by Gasteiger charge is -2.13. The number of rotatable bonds is 1. The van der Waals surface area contributed by atoms with Crippen molar-refractivity contribution in [3.63, 3.8) is 0 Å². The topological polar surface area (TPSA) is 58.2 Å². The van der Waals surface area contributed by atoms with Gasteiger partial charge in [-0.25, -0.2) is 9.78 Å². The Morgan fingerprint density at radius 2 is 2.46 bits per heavy atom. The number of H-pyrrole nitrogens is 1. The molecule has 0 bridgehead atoms. The smallest absolute Gasteiger partial charge is 0.410 e. The van der Waals surface area contributed by atoms with Crippen molar-refractivity contribution in [2.75, 3.05) is 7.05 Å². The minimum Gasteiger partial charge on any atom is -0.436 e. The maximum Gasteiger partial charge on any atom is 0.410 e. The Morgan fingerprint density at radius 1 is 1.69 bits per heavy atom. The number of cyclic esters (lactones) is 1. The van der Waals surface area contributed by atoms with Crippen molar-refractivity contribution in [3.05, 3.63) is 18.2 Å². The first-order valence-electron chi connectivity index (χ1n) is 4.13. The fourth-order valence-corrected chi connectivity index (χ4v) is 1.38. The van der Waals surface area contributed by atoms with Crippen LogP contribution < -0.4 is 0 Å². The summed E-state index contributed by atoms with van der Waals surface area (Å²) in [5.74, 6) is 0.699. The average molecular weight is 181 g/mol. The highest BCUT2D eigenvalue weighted by Gasteiger charge is 2.38. The molecule has 5 nitrogen and oxygen atoms in total. The van der Waals surface area contributed by atoms with Crippen LogP contribution in [0.25, 0.3) is 0 Å². The number of carbonyl (C=O) groups is 1. The zero-order chi connectivity index (χ0) is 9.42. The van der Waals surface area contributed by atoms with Crippen LogP contribution in [0.3, 0.4) is 0 Å². The number of hydrogen-bond donors (Lipinski definition) is 1. The van der Waals surface area contributed by atoms with Gasteiger partial charge in [0.2, 0.25) is 0 Å². The maximum absolute atomic E-state index is 11.2. The fraction of sp³-hybridized carbons (Fsp3) is 0.500. The second-order valence-corrected chi connectivity index (χ2v) is 3.13. The van der Waals surface area contributed by atoms with Gasteiger partial charge in [-0.2, -0.15) is 0 Å². The Morgan fingerprint density at radius 3 is 2.92 bits per heavy atom. The summed E-state index contributed by atoms with van der Waals surface area (Å²) in [7, 11) is 1.72. The minimum atomic E-state index is -0.297. The van der Waals surface area contributed by atoms with Crippen molar-refractivity contribution < 1.29 is 9.53 Å². The average Bonchev–Trinajstić information content (AvgIpc) is 2.70. The summed E-state index contributed by atoms with van der Waals surface area (Å²) < 4.78 is 5.12. The molecule has 13 heavy (non-hydrogen) atoms. The lowest BCUT2D eigenvalue weighted by atomic mass is 10.2. The first-order valence-corrected chi connectivity index (χ1v) is 4.13. The van der Waals surface area contributed by atoms with Gasteiger partial charge < -0.3 is 14.6 Å². The molecule has 0 radical (unpaired) electrons. The first-order chi connectivity index (χ1) is 6.20. The molecular weight excluding hydrogens is 170 g/mol. The maximum atomic E-state index is 11.2. The predicted molar refractivity (Wildman–Crippen MR) is 45.0 cm³/mol. The summed E-state index contributed by atoms with van der Waals surface area (Å²) in [4.78, 5) is 19.7. The van der Waals surface area contributed by atoms with E-state index in [1.165, 1.54) is 0 Å². The first kappa shape index (κ1) is 8.10. The molecule has 1 saturated heterocycles. The third-order valence-electron chi connectivity index (χ3n) is 2.35. The standard InChI is InChI=1S/C8H11N3O2/c1-5-6(7-9-3-4-10-7)13-8(12)11(5)2/h3-6H,1-2H3,(H,9,10)/t5-,6-/m0/s1. The normalized spacial score (nSPS) is 27.8. The molecule has 0 spiro atoms. The van der Waals surface area contributed by atoms with E-state index in [2.05, 4.69) is 9.97 Å². The fourth-order valence-electron chi connectivity index (χ4n) is 1.38. The van der Waals surface area contributed by atoms with E-state index in [-0.39, 0.29) is 18.2 Å². The zero-order valence-electron chi connectivity index (χ0n) is 7.52. The number of likely N-dealkylation sites (N-methyl/N-ethyl adjacent to an activating group) is 1. The number of amides is 1. The highest BCUT2D eigenvalue weighted by Crippen LogP contribution is 2.28. The molecule has 0 unspecified atom stereocenters. The number of aromatic amines is 1. The van der Waals surface area contributed by atoms with Crippen molar-refractivity contribution in [2.45, 2.75) is 19.1 Å². The van der Waals surface area contributed by atoms with Crippen LogP contribution in [0.1, 0.15) is 18.9 Å². The van der Waals surface area contributed by atoms with Gasteiger partial charge in [-0.3, -0.25) is 0 Å². The Bertz CT molecular complexity index is 309. The molecule has 2 atom stereocenters. The summed E-state index contributed by atoms with van der Waals surface area (Å²) in [5.41, 5.74) is 0. The van der Waals surface area contributed by atoms with E-state index in [9.17, 15) is 4.79 Å². The van der Waals surface area contributed by atoms with Crippen molar-refractivity contribution in [1.29, 1.82) is 0 Å². The summed E-state index contributed by atoms with van der Waals surface area (Å²) >= 11 is 0. The van der Waals surface area contributed by atoms with E-state index in [0.29, 0.717) is 5.82 Å². The minimum absolute atomic E-state index is 0.0265. The van der Waals surface area contributed by atoms with Gasteiger partial charge in [0.1, 0.15) is 5.82 Å². The molecule has 1 aliphatic rings. The van der Waals surface area contributed by atoms with Gasteiger partial charge in [-0.05, 0) is 6.92 Å². The van der Waals surface area contributed by atoms with Gasteiger partial charge in [0.25, 0.3) is 0 Å². The SMILES string of the molecule is C[C@H]1[C@@H](c2ncc[nH]2)OC(=O)N1C. The third kappa shape index (κ3) is 1.16. The Balaban J connectivity index is 2.23. The quantitative estimate of drug-likeness (QED) is 0.700. The van der Waals surface area contributed by atoms with E-state index in [0.717, 1.165) is 0 Å². The van der Waals surface area contributed by atoms with Crippen LogP contribution in [0, 0.1) is 0 Å². The van der Waals surface area contributed by atoms with Crippen LogP contribution in [0.4, 0.5) is 4.79 Å². The van der Waals surface area contributed by atoms with Gasteiger partial charge in [-0.15, -0.1) is 0 Å². The van der Waals surface area contributed by atoms with Crippen molar-refractivity contribution in [3.8, 4) is 0 Å². The predicted octanol–water partition coefficient (Wildman–Crippen LogP) is 0.921. The lowest BCUT2D eigenvalue weighted by molar-refractivity contribution is 0.127. The summed E-state index contributed by atoms with van der Waals surface area (Å²) in [6.07, 6.45) is 2.80. The molecule has 1 amide bonds. The molecule has 1 aliphatic heterocycles. The largest absolute Gasteiger partial charge is 0.436 e. The lowest BCUT2D eigenvalue weighted by Crippen LogP contribution is -2.27. The molecule has 70 valence electrons. The number of nitrogens with zero attached hydrogens (tertiary/aromatic N) is 2. The Kier molecular flexibility index (Phi) is 1.72. The Labute approximate surface area is 75.7 Å². The second kappa shape index (κ2) is 2.76. The number of carbonyl (C=O) groups excluding carboxylic acids is 1. The summed E-state index contributed by atoms with van der Waals surface area (Å²) in [6.45, 7) is 1.93. The molecule has 0 aromatic carbocycles. The molecule has 5 heteroatoms. The Hall–Kier alpha value is -1.52. The molecule has 2 rings (SSSR count). The molecular formula is C8H11N3O2. The molecule has 1 fully saturated rings. The van der Waals surface area contributed by atoms with Crippen LogP contribution in [0.2, 0.25) is 0 Å². The van der Waals surface area contributed by atoms with Crippen LogP contribution in [0.15, 0.2) is 12.4 Å². The highest BCUT2D eigenvalue weighted by molar-refractivity contribution is 5.70.